The zero-order valence-corrected chi connectivity index (χ0v) is 11.6. The number of benzene rings is 1. The first kappa shape index (κ1) is 12.0. The molecule has 1 saturated heterocycles. The van der Waals surface area contributed by atoms with Crippen molar-refractivity contribution in [3.05, 3.63) is 18.2 Å². The van der Waals surface area contributed by atoms with Gasteiger partial charge in [-0.2, -0.15) is 4.98 Å². The van der Waals surface area contributed by atoms with E-state index >= 15 is 0 Å². The van der Waals surface area contributed by atoms with Crippen molar-refractivity contribution in [3.63, 3.8) is 0 Å². The molecule has 1 aliphatic heterocycles. The van der Waals surface area contributed by atoms with Crippen LogP contribution in [0.15, 0.2) is 22.6 Å². The second-order valence-corrected chi connectivity index (χ2v) is 5.92. The largest absolute Gasteiger partial charge is 0.423 e. The summed E-state index contributed by atoms with van der Waals surface area (Å²) in [5.41, 5.74) is 8.18. The Kier molecular flexibility index (Phi) is 2.80. The first-order valence-electron chi connectivity index (χ1n) is 7.42. The molecule has 5 heteroatoms. The van der Waals surface area contributed by atoms with Crippen molar-refractivity contribution in [2.75, 3.05) is 43.4 Å². The summed E-state index contributed by atoms with van der Waals surface area (Å²) in [4.78, 5) is 9.34. The number of hydrogen-bond donors (Lipinski definition) is 1. The van der Waals surface area contributed by atoms with Gasteiger partial charge in [-0.15, -0.1) is 0 Å². The molecule has 0 radical (unpaired) electrons. The molecule has 2 heterocycles. The van der Waals surface area contributed by atoms with E-state index in [9.17, 15) is 0 Å². The van der Waals surface area contributed by atoms with Crippen molar-refractivity contribution < 1.29 is 4.42 Å². The van der Waals surface area contributed by atoms with E-state index in [1.165, 1.54) is 19.4 Å². The average Bonchev–Trinajstić information content (AvgIpc) is 3.16. The van der Waals surface area contributed by atoms with Gasteiger partial charge in [0, 0.05) is 32.7 Å². The van der Waals surface area contributed by atoms with Crippen LogP contribution in [0.1, 0.15) is 12.8 Å². The van der Waals surface area contributed by atoms with Gasteiger partial charge in [0.05, 0.1) is 5.69 Å². The molecule has 0 unspecified atom stereocenters. The third-order valence-electron chi connectivity index (χ3n) is 4.30. The molecule has 5 nitrogen and oxygen atoms in total. The molecule has 2 N–H and O–H groups in total. The predicted octanol–water partition coefficient (Wildman–Crippen LogP) is 1.94. The highest BCUT2D eigenvalue weighted by Crippen LogP contribution is 2.30. The van der Waals surface area contributed by atoms with E-state index in [1.54, 1.807) is 0 Å². The first-order valence-corrected chi connectivity index (χ1v) is 7.42. The van der Waals surface area contributed by atoms with Crippen LogP contribution in [0.25, 0.3) is 11.1 Å². The van der Waals surface area contributed by atoms with Crippen LogP contribution < -0.4 is 10.6 Å². The minimum Gasteiger partial charge on any atom is -0.423 e. The van der Waals surface area contributed by atoms with Gasteiger partial charge < -0.3 is 15.1 Å². The van der Waals surface area contributed by atoms with Crippen molar-refractivity contribution in [2.45, 2.75) is 12.8 Å². The molecule has 0 atom stereocenters. The summed E-state index contributed by atoms with van der Waals surface area (Å²) >= 11 is 0. The molecular formula is C15H20N4O. The highest BCUT2D eigenvalue weighted by Gasteiger charge is 2.27. The molecule has 2 aromatic rings. The molecule has 2 aliphatic rings. The number of hydrogen-bond acceptors (Lipinski definition) is 5. The van der Waals surface area contributed by atoms with E-state index in [1.807, 2.05) is 18.2 Å². The monoisotopic (exact) mass is 272 g/mol. The minimum absolute atomic E-state index is 0.685. The maximum atomic E-state index is 5.93. The van der Waals surface area contributed by atoms with Crippen LogP contribution in [0, 0.1) is 5.92 Å². The summed E-state index contributed by atoms with van der Waals surface area (Å²) in [5.74, 6) is 0.964. The van der Waals surface area contributed by atoms with Gasteiger partial charge in [-0.1, -0.05) is 6.07 Å². The van der Waals surface area contributed by atoms with Gasteiger partial charge >= 0.3 is 0 Å². The van der Waals surface area contributed by atoms with E-state index in [-0.39, 0.29) is 0 Å². The fourth-order valence-corrected chi connectivity index (χ4v) is 2.88. The first-order chi connectivity index (χ1) is 9.79. The Morgan fingerprint density at radius 2 is 2.00 bits per heavy atom. The number of nitrogens with two attached hydrogens (primary N) is 1. The molecule has 20 heavy (non-hydrogen) atoms. The van der Waals surface area contributed by atoms with E-state index in [0.717, 1.165) is 43.2 Å². The number of rotatable bonds is 3. The van der Waals surface area contributed by atoms with E-state index in [0.29, 0.717) is 11.7 Å². The molecule has 1 saturated carbocycles. The molecule has 1 aromatic carbocycles. The fourth-order valence-electron chi connectivity index (χ4n) is 2.88. The van der Waals surface area contributed by atoms with Crippen LogP contribution in [0.2, 0.25) is 0 Å². The standard InChI is InChI=1S/C15H20N4O/c16-12-2-1-3-13-14(12)17-15(20-13)19-8-6-18(7-9-19)10-11-4-5-11/h1-3,11H,4-10,16H2. The van der Waals surface area contributed by atoms with Crippen molar-refractivity contribution in [3.8, 4) is 0 Å². The van der Waals surface area contributed by atoms with Gasteiger partial charge in [0.1, 0.15) is 5.52 Å². The Balaban J connectivity index is 1.48. The van der Waals surface area contributed by atoms with Crippen LogP contribution in [0.4, 0.5) is 11.7 Å². The van der Waals surface area contributed by atoms with Crippen molar-refractivity contribution >= 4 is 22.8 Å². The quantitative estimate of drug-likeness (QED) is 0.865. The Bertz CT molecular complexity index is 611. The smallest absolute Gasteiger partial charge is 0.298 e. The number of anilines is 2. The summed E-state index contributed by atoms with van der Waals surface area (Å²) in [6.45, 7) is 5.45. The zero-order chi connectivity index (χ0) is 13.5. The molecule has 0 amide bonds. The molecule has 4 rings (SSSR count). The summed E-state index contributed by atoms with van der Waals surface area (Å²) in [6, 6.07) is 6.40. The van der Waals surface area contributed by atoms with Gasteiger partial charge in [-0.3, -0.25) is 4.90 Å². The van der Waals surface area contributed by atoms with Crippen LogP contribution in [-0.2, 0) is 0 Å². The fraction of sp³-hybridized carbons (Fsp3) is 0.533. The highest BCUT2D eigenvalue weighted by atomic mass is 16.4. The zero-order valence-electron chi connectivity index (χ0n) is 11.6. The number of para-hydroxylation sites is 1. The summed E-state index contributed by atoms with van der Waals surface area (Å²) in [6.07, 6.45) is 2.84. The number of oxazole rings is 1. The maximum absolute atomic E-state index is 5.93. The van der Waals surface area contributed by atoms with Crippen LogP contribution >= 0.6 is 0 Å². The maximum Gasteiger partial charge on any atom is 0.298 e. The van der Waals surface area contributed by atoms with E-state index < -0.39 is 0 Å². The molecule has 106 valence electrons. The van der Waals surface area contributed by atoms with E-state index in [2.05, 4.69) is 14.8 Å². The molecule has 2 fully saturated rings. The third kappa shape index (κ3) is 2.22. The van der Waals surface area contributed by atoms with Gasteiger partial charge in [-0.25, -0.2) is 0 Å². The number of piperazine rings is 1. The summed E-state index contributed by atoms with van der Waals surface area (Å²) in [7, 11) is 0. The van der Waals surface area contributed by atoms with E-state index in [4.69, 9.17) is 10.2 Å². The molecule has 0 bridgehead atoms. The van der Waals surface area contributed by atoms with Crippen molar-refractivity contribution in [1.82, 2.24) is 9.88 Å². The van der Waals surface area contributed by atoms with Gasteiger partial charge in [0.15, 0.2) is 5.58 Å². The predicted molar refractivity (Wildman–Crippen MR) is 79.8 cm³/mol. The lowest BCUT2D eigenvalue weighted by molar-refractivity contribution is 0.244. The summed E-state index contributed by atoms with van der Waals surface area (Å²) < 4.78 is 5.83. The minimum atomic E-state index is 0.685. The lowest BCUT2D eigenvalue weighted by atomic mass is 10.3. The van der Waals surface area contributed by atoms with Gasteiger partial charge in [-0.05, 0) is 30.9 Å². The van der Waals surface area contributed by atoms with Crippen LogP contribution in [0.3, 0.4) is 0 Å². The summed E-state index contributed by atoms with van der Waals surface area (Å²) in [5, 5.41) is 0. The normalized spacial score (nSPS) is 20.7. The molecule has 0 spiro atoms. The second-order valence-electron chi connectivity index (χ2n) is 5.92. The highest BCUT2D eigenvalue weighted by molar-refractivity contribution is 5.86. The third-order valence-corrected chi connectivity index (χ3v) is 4.30. The average molecular weight is 272 g/mol. The van der Waals surface area contributed by atoms with Crippen molar-refractivity contribution in [2.24, 2.45) is 5.92 Å². The lowest BCUT2D eigenvalue weighted by Gasteiger charge is -2.33. The number of fused-ring (bicyclic) bond motifs is 1. The lowest BCUT2D eigenvalue weighted by Crippen LogP contribution is -2.47. The Hall–Kier alpha value is -1.75. The SMILES string of the molecule is Nc1cccc2oc(N3CCN(CC4CC4)CC3)nc12. The van der Waals surface area contributed by atoms with Gasteiger partial charge in [0.25, 0.3) is 6.01 Å². The molecule has 1 aliphatic carbocycles. The number of nitrogen functional groups attached to an aromatic ring is 1. The Morgan fingerprint density at radius 1 is 1.20 bits per heavy atom. The van der Waals surface area contributed by atoms with Gasteiger partial charge in [0.2, 0.25) is 0 Å². The van der Waals surface area contributed by atoms with Crippen molar-refractivity contribution in [1.29, 1.82) is 0 Å². The molecule has 1 aromatic heterocycles. The Morgan fingerprint density at radius 3 is 2.70 bits per heavy atom. The second kappa shape index (κ2) is 4.66. The van der Waals surface area contributed by atoms with Crippen LogP contribution in [0.5, 0.6) is 0 Å². The number of nitrogens with zero attached hydrogens (tertiary/aromatic N) is 3. The number of aromatic nitrogens is 1. The topological polar surface area (TPSA) is 58.5 Å². The Labute approximate surface area is 118 Å². The van der Waals surface area contributed by atoms with Crippen LogP contribution in [-0.4, -0.2) is 42.6 Å². The molecular weight excluding hydrogens is 252 g/mol.